The monoisotopic (exact) mass is 1160 g/mol. The minimum Gasteiger partial charge on any atom is -0.491 e. The second kappa shape index (κ2) is 25.6. The fraction of sp³-hybridized carbons (Fsp3) is 0.164. The maximum atomic E-state index is 13.2. The Morgan fingerprint density at radius 1 is 0.388 bits per heavy atom. The van der Waals surface area contributed by atoms with Crippen molar-refractivity contribution < 1.29 is 79.6 Å². The summed E-state index contributed by atoms with van der Waals surface area (Å²) in [7, 11) is -3.30. The Morgan fingerprint density at radius 3 is 1.11 bits per heavy atom. The maximum Gasteiger partial charge on any atom is 0.338 e. The zero-order valence-electron chi connectivity index (χ0n) is 45.9. The molecule has 1 aliphatic rings. The highest BCUT2D eigenvalue weighted by Gasteiger charge is 2.46. The molecule has 0 heterocycles. The summed E-state index contributed by atoms with van der Waals surface area (Å²) in [5.41, 5.74) is 6.42. The van der Waals surface area contributed by atoms with Gasteiger partial charge in [0, 0.05) is 12.7 Å². The van der Waals surface area contributed by atoms with Gasteiger partial charge >= 0.3 is 29.8 Å². The van der Waals surface area contributed by atoms with E-state index in [1.165, 1.54) is 19.1 Å². The number of hydrogen-bond acceptors (Lipinski definition) is 16. The van der Waals surface area contributed by atoms with Crippen LogP contribution in [0, 0.1) is 0 Å². The van der Waals surface area contributed by atoms with Crippen LogP contribution in [0.2, 0.25) is 0 Å². The lowest BCUT2D eigenvalue weighted by molar-refractivity contribution is 0.0259. The van der Waals surface area contributed by atoms with Crippen molar-refractivity contribution in [2.24, 2.45) is 0 Å². The van der Waals surface area contributed by atoms with Gasteiger partial charge in [0.1, 0.15) is 57.7 Å². The molecule has 0 aromatic heterocycles. The zero-order valence-corrected chi connectivity index (χ0v) is 46.8. The Kier molecular flexibility index (Phi) is 17.6. The molecule has 0 fully saturated rings. The molecule has 9 aromatic rings. The van der Waals surface area contributed by atoms with Crippen molar-refractivity contribution in [3.8, 4) is 22.6 Å². The highest BCUT2D eigenvalue weighted by Crippen LogP contribution is 2.56. The predicted molar refractivity (Wildman–Crippen MR) is 312 cm³/mol. The number of methoxy groups -OCH3 is 1. The van der Waals surface area contributed by atoms with Gasteiger partial charge in [-0.15, -0.1) is 0 Å². The van der Waals surface area contributed by atoms with Gasteiger partial charge in [0.2, 0.25) is 0 Å². The molecule has 0 bridgehead atoms. The van der Waals surface area contributed by atoms with Crippen LogP contribution < -0.4 is 9.47 Å². The number of hydrogen-bond donors (Lipinski definition) is 1. The van der Waals surface area contributed by atoms with Crippen molar-refractivity contribution in [3.63, 3.8) is 0 Å². The molecule has 10 rings (SSSR count). The molecular weight excluding hydrogens is 1110 g/mol. The lowest BCUT2D eigenvalue weighted by Gasteiger charge is -2.34. The van der Waals surface area contributed by atoms with Gasteiger partial charge in [0.15, 0.2) is 5.78 Å². The quantitative estimate of drug-likeness (QED) is 0.0206. The van der Waals surface area contributed by atoms with Crippen LogP contribution >= 0.6 is 0 Å². The van der Waals surface area contributed by atoms with Crippen LogP contribution in [0.1, 0.15) is 91.3 Å². The first kappa shape index (κ1) is 58.2. The van der Waals surface area contributed by atoms with E-state index in [9.17, 15) is 41.7 Å². The minimum atomic E-state index is -4.93. The Labute approximate surface area is 488 Å². The highest BCUT2D eigenvalue weighted by molar-refractivity contribution is 7.85. The summed E-state index contributed by atoms with van der Waals surface area (Å²) in [4.78, 5) is 75.8. The molecule has 0 unspecified atom stereocenters. The van der Waals surface area contributed by atoms with Crippen molar-refractivity contribution in [2.75, 3.05) is 60.0 Å². The highest BCUT2D eigenvalue weighted by atomic mass is 32.2. The van der Waals surface area contributed by atoms with E-state index in [1.807, 2.05) is 24.3 Å². The second-order valence-electron chi connectivity index (χ2n) is 19.6. The zero-order chi connectivity index (χ0) is 59.7. The lowest BCUT2D eigenvalue weighted by Crippen LogP contribution is -2.28. The smallest absolute Gasteiger partial charge is 0.338 e. The maximum absolute atomic E-state index is 13.2. The topological polar surface area (TPSA) is 231 Å². The van der Waals surface area contributed by atoms with Crippen molar-refractivity contribution in [1.29, 1.82) is 0 Å². The number of Topliss-reactive ketones (excluding diaryl/α,β-unsaturated/α-hetero) is 1. The third kappa shape index (κ3) is 13.0. The summed E-state index contributed by atoms with van der Waals surface area (Å²) in [5, 5.41) is 2.68. The van der Waals surface area contributed by atoms with Crippen molar-refractivity contribution >= 4 is 67.3 Å². The fourth-order valence-electron chi connectivity index (χ4n) is 10.2. The molecule has 0 saturated heterocycles. The standard InChI is InChI=1S/C67H54O17S/c1-42(68)43-11-12-45-36-48(16-13-44(45)35-43)63(70)81-31-33-83-65(72)51-39-52(41-57(40-51)85(74,75)76)66(73)84-34-32-82-64(71)50-18-15-46-37-49(17-14-47(46)38-50)62(69)80-30-29-79-56-25-21-54(22-26-56)67(53-19-23-55(24-20-53)78-28-27-77-2)60-9-5-3-7-58(60)59-8-4-6-10-61(59)67/h3-26,35-41H,27-34H2,1-2H3,(H,74,75,76). The van der Waals surface area contributed by atoms with E-state index in [0.29, 0.717) is 40.7 Å². The van der Waals surface area contributed by atoms with Crippen LogP contribution in [0.25, 0.3) is 32.7 Å². The van der Waals surface area contributed by atoms with Crippen LogP contribution in [-0.4, -0.2) is 109 Å². The first-order valence-electron chi connectivity index (χ1n) is 26.8. The lowest BCUT2D eigenvalue weighted by atomic mass is 9.68. The third-order valence-electron chi connectivity index (χ3n) is 14.2. The van der Waals surface area contributed by atoms with E-state index < -0.39 is 81.2 Å². The summed E-state index contributed by atoms with van der Waals surface area (Å²) in [6.07, 6.45) is 0. The Hall–Kier alpha value is -10.0. The molecule has 17 nitrogen and oxygen atoms in total. The normalized spacial score (nSPS) is 12.1. The number of benzene rings is 9. The van der Waals surface area contributed by atoms with Gasteiger partial charge in [-0.1, -0.05) is 103 Å². The predicted octanol–water partition coefficient (Wildman–Crippen LogP) is 11.1. The van der Waals surface area contributed by atoms with Crippen molar-refractivity contribution in [3.05, 3.63) is 244 Å². The minimum absolute atomic E-state index is 0.0289. The van der Waals surface area contributed by atoms with E-state index in [4.69, 9.17) is 37.9 Å². The van der Waals surface area contributed by atoms with Crippen molar-refractivity contribution in [1.82, 2.24) is 0 Å². The molecule has 0 radical (unpaired) electrons. The summed E-state index contributed by atoms with van der Waals surface area (Å²) in [5.74, 6) is -3.04. The average Bonchev–Trinajstić information content (AvgIpc) is 1.82. The molecule has 9 aromatic carbocycles. The number of ether oxygens (including phenoxy) is 8. The number of esters is 5. The summed E-state index contributed by atoms with van der Waals surface area (Å²) in [6.45, 7) is 0.703. The second-order valence-corrected chi connectivity index (χ2v) is 21.0. The van der Waals surface area contributed by atoms with E-state index in [1.54, 1.807) is 67.8 Å². The van der Waals surface area contributed by atoms with Crippen LogP contribution in [0.3, 0.4) is 0 Å². The summed E-state index contributed by atoms with van der Waals surface area (Å²) < 4.78 is 77.5. The first-order valence-corrected chi connectivity index (χ1v) is 28.3. The largest absolute Gasteiger partial charge is 0.491 e. The van der Waals surface area contributed by atoms with Gasteiger partial charge in [-0.3, -0.25) is 9.35 Å². The molecular formula is C67H54O17S. The molecule has 0 saturated carbocycles. The molecule has 0 spiro atoms. The molecule has 430 valence electrons. The fourth-order valence-corrected chi connectivity index (χ4v) is 10.7. The van der Waals surface area contributed by atoms with E-state index >= 15 is 0 Å². The molecule has 0 amide bonds. The Morgan fingerprint density at radius 2 is 0.729 bits per heavy atom. The Balaban J connectivity index is 0.689. The van der Waals surface area contributed by atoms with Crippen LogP contribution in [0.5, 0.6) is 11.5 Å². The molecule has 1 aliphatic carbocycles. The van der Waals surface area contributed by atoms with Gasteiger partial charge in [-0.05, 0) is 147 Å². The molecule has 0 atom stereocenters. The number of carbonyl (C=O) groups is 6. The van der Waals surface area contributed by atoms with E-state index in [2.05, 4.69) is 72.8 Å². The number of ketones is 1. The van der Waals surface area contributed by atoms with Crippen molar-refractivity contribution in [2.45, 2.75) is 17.2 Å². The number of fused-ring (bicyclic) bond motifs is 5. The third-order valence-corrected chi connectivity index (χ3v) is 15.1. The molecule has 85 heavy (non-hydrogen) atoms. The summed E-state index contributed by atoms with van der Waals surface area (Å²) in [6, 6.07) is 55.0. The van der Waals surface area contributed by atoms with Gasteiger partial charge in [-0.25, -0.2) is 24.0 Å². The number of rotatable bonds is 23. The Bertz CT molecular complexity index is 4110. The van der Waals surface area contributed by atoms with E-state index in [0.717, 1.165) is 62.7 Å². The van der Waals surface area contributed by atoms with Gasteiger partial charge in [-0.2, -0.15) is 8.42 Å². The van der Waals surface area contributed by atoms with E-state index in [-0.39, 0.29) is 42.3 Å². The molecule has 18 heteroatoms. The first-order chi connectivity index (χ1) is 41.1. The molecule has 0 aliphatic heterocycles. The molecule has 1 N–H and O–H groups in total. The van der Waals surface area contributed by atoms with Crippen LogP contribution in [0.15, 0.2) is 193 Å². The SMILES string of the molecule is COCCOc1ccc(C2(c3ccc(OCCOC(=O)c4ccc5cc(C(=O)OCCOC(=O)c6cc(C(=O)OCCOC(=O)c7ccc8cc(C(C)=O)ccc8c7)cc(S(=O)(=O)O)c6)ccc5c4)cc3)c3ccccc3-c3ccccc32)cc1. The van der Waals surface area contributed by atoms with Gasteiger partial charge in [0.05, 0.1) is 44.7 Å². The average molecular weight is 1160 g/mol. The van der Waals surface area contributed by atoms with Gasteiger partial charge in [0.25, 0.3) is 10.1 Å². The van der Waals surface area contributed by atoms with Crippen LogP contribution in [0.4, 0.5) is 0 Å². The summed E-state index contributed by atoms with van der Waals surface area (Å²) >= 11 is 0. The number of carbonyl (C=O) groups excluding carboxylic acids is 6. The van der Waals surface area contributed by atoms with Crippen LogP contribution in [-0.2, 0) is 44.0 Å². The van der Waals surface area contributed by atoms with Gasteiger partial charge < -0.3 is 37.9 Å².